The van der Waals surface area contributed by atoms with E-state index in [1.165, 1.54) is 6.33 Å². The third kappa shape index (κ3) is 4.14. The summed E-state index contributed by atoms with van der Waals surface area (Å²) in [7, 11) is 0. The number of hydrogen-bond donors (Lipinski definition) is 2. The summed E-state index contributed by atoms with van der Waals surface area (Å²) in [4.78, 5) is 32.9. The van der Waals surface area contributed by atoms with Crippen LogP contribution in [-0.2, 0) is 11.3 Å². The van der Waals surface area contributed by atoms with Gasteiger partial charge in [0.2, 0.25) is 0 Å². The Hall–Kier alpha value is -4.07. The Morgan fingerprint density at radius 2 is 1.82 bits per heavy atom. The molecule has 2 aromatic heterocycles. The molecule has 0 radical (unpaired) electrons. The quantitative estimate of drug-likeness (QED) is 0.471. The highest BCUT2D eigenvalue weighted by molar-refractivity contribution is 5.98. The number of hydrogen-bond acceptors (Lipinski definition) is 6. The van der Waals surface area contributed by atoms with E-state index >= 15 is 0 Å². The van der Waals surface area contributed by atoms with Gasteiger partial charge in [0.1, 0.15) is 23.6 Å². The second kappa shape index (κ2) is 9.05. The van der Waals surface area contributed by atoms with Gasteiger partial charge in [0, 0.05) is 30.5 Å². The Kier molecular flexibility index (Phi) is 5.79. The first-order valence-electron chi connectivity index (χ1n) is 11.4. The maximum absolute atomic E-state index is 12.5. The van der Waals surface area contributed by atoms with Crippen molar-refractivity contribution >= 4 is 28.5 Å². The topological polar surface area (TPSA) is 116 Å². The summed E-state index contributed by atoms with van der Waals surface area (Å²) in [6, 6.07) is 15.5. The molecule has 0 unspecified atom stereocenters. The molecule has 0 spiro atoms. The number of nitrogens with two attached hydrogens (primary N) is 1. The maximum Gasteiger partial charge on any atom is 0.251 e. The van der Waals surface area contributed by atoms with Gasteiger partial charge in [0.05, 0.1) is 11.4 Å². The predicted octanol–water partition coefficient (Wildman–Crippen LogP) is 4.00. The smallest absolute Gasteiger partial charge is 0.251 e. The van der Waals surface area contributed by atoms with Gasteiger partial charge in [0.25, 0.3) is 5.91 Å². The van der Waals surface area contributed by atoms with Gasteiger partial charge in [-0.1, -0.05) is 42.5 Å². The zero-order valence-corrected chi connectivity index (χ0v) is 19.0. The number of nitrogens with one attached hydrogen (secondary N) is 1. The van der Waals surface area contributed by atoms with Crippen molar-refractivity contribution < 1.29 is 9.59 Å². The molecule has 0 bridgehead atoms. The van der Waals surface area contributed by atoms with E-state index in [0.29, 0.717) is 42.2 Å². The fraction of sp³-hybridized carbons (Fsp3) is 0.269. The summed E-state index contributed by atoms with van der Waals surface area (Å²) < 4.78 is 1.91. The molecule has 4 aromatic rings. The molecule has 8 nitrogen and oxygen atoms in total. The van der Waals surface area contributed by atoms with Gasteiger partial charge in [0.15, 0.2) is 5.65 Å². The van der Waals surface area contributed by atoms with Gasteiger partial charge >= 0.3 is 0 Å². The number of carbonyl (C=O) groups is 2. The van der Waals surface area contributed by atoms with Gasteiger partial charge in [-0.2, -0.15) is 5.10 Å². The molecule has 8 heteroatoms. The number of benzene rings is 2. The van der Waals surface area contributed by atoms with Crippen LogP contribution in [-0.4, -0.2) is 31.4 Å². The van der Waals surface area contributed by atoms with Crippen molar-refractivity contribution in [2.75, 3.05) is 5.73 Å². The number of anilines is 1. The van der Waals surface area contributed by atoms with Crippen LogP contribution in [0.5, 0.6) is 0 Å². The van der Waals surface area contributed by atoms with Crippen LogP contribution >= 0.6 is 0 Å². The molecule has 5 rings (SSSR count). The number of amides is 1. The van der Waals surface area contributed by atoms with Gasteiger partial charge in [-0.15, -0.1) is 0 Å². The monoisotopic (exact) mass is 454 g/mol. The van der Waals surface area contributed by atoms with Gasteiger partial charge in [-0.3, -0.25) is 9.59 Å². The molecule has 1 aliphatic rings. The average Bonchev–Trinajstić information content (AvgIpc) is 3.25. The first kappa shape index (κ1) is 21.8. The molecule has 1 amide bonds. The Bertz CT molecular complexity index is 1370. The molecule has 1 aliphatic carbocycles. The van der Waals surface area contributed by atoms with E-state index < -0.39 is 0 Å². The fourth-order valence-corrected chi connectivity index (χ4v) is 4.51. The SMILES string of the molecule is Cc1ccccc1C(=O)NCc1ccc(-c2nn(C3CCC(=O)CC3)c3ncnc(N)c23)cc1. The molecule has 2 aromatic carbocycles. The maximum atomic E-state index is 12.5. The van der Waals surface area contributed by atoms with Gasteiger partial charge in [-0.05, 0) is 37.0 Å². The normalized spacial score (nSPS) is 14.4. The zero-order chi connectivity index (χ0) is 23.7. The minimum Gasteiger partial charge on any atom is -0.383 e. The number of aromatic nitrogens is 4. The molecule has 0 atom stereocenters. The molecule has 0 saturated heterocycles. The molecule has 2 heterocycles. The Morgan fingerprint density at radius 1 is 1.09 bits per heavy atom. The number of nitrogen functional groups attached to an aromatic ring is 1. The van der Waals surface area contributed by atoms with E-state index in [0.717, 1.165) is 40.6 Å². The standard InChI is InChI=1S/C26H26N6O2/c1-16-4-2-3-5-21(16)26(34)28-14-17-6-8-18(9-7-17)23-22-24(27)29-15-30-25(22)32(31-23)19-10-12-20(33)13-11-19/h2-9,15,19H,10-14H2,1H3,(H,28,34)(H2,27,29,30). The first-order valence-corrected chi connectivity index (χ1v) is 11.4. The average molecular weight is 455 g/mol. The van der Waals surface area contributed by atoms with Crippen LogP contribution < -0.4 is 11.1 Å². The number of fused-ring (bicyclic) bond motifs is 1. The van der Waals surface area contributed by atoms with Crippen molar-refractivity contribution in [1.29, 1.82) is 0 Å². The highest BCUT2D eigenvalue weighted by atomic mass is 16.1. The van der Waals surface area contributed by atoms with Crippen molar-refractivity contribution in [3.63, 3.8) is 0 Å². The number of ketones is 1. The Morgan fingerprint density at radius 3 is 2.56 bits per heavy atom. The lowest BCUT2D eigenvalue weighted by molar-refractivity contribution is -0.120. The third-order valence-electron chi connectivity index (χ3n) is 6.45. The highest BCUT2D eigenvalue weighted by Gasteiger charge is 2.25. The zero-order valence-electron chi connectivity index (χ0n) is 19.0. The van der Waals surface area contributed by atoms with Crippen LogP contribution in [0, 0.1) is 6.92 Å². The minimum atomic E-state index is -0.0946. The molecule has 3 N–H and O–H groups in total. The molecule has 172 valence electrons. The minimum absolute atomic E-state index is 0.0946. The summed E-state index contributed by atoms with van der Waals surface area (Å²) in [5, 5.41) is 8.58. The molecule has 1 fully saturated rings. The van der Waals surface area contributed by atoms with Gasteiger partial charge < -0.3 is 11.1 Å². The number of rotatable bonds is 5. The Labute approximate surface area is 197 Å². The number of Topliss-reactive ketones (excluding diaryl/α,β-unsaturated/α-hetero) is 1. The summed E-state index contributed by atoms with van der Waals surface area (Å²) in [6.07, 6.45) is 4.07. The predicted molar refractivity (Wildman–Crippen MR) is 130 cm³/mol. The van der Waals surface area contributed by atoms with Crippen molar-refractivity contribution in [2.45, 2.75) is 45.2 Å². The van der Waals surface area contributed by atoms with Gasteiger partial charge in [-0.25, -0.2) is 14.6 Å². The number of aryl methyl sites for hydroxylation is 1. The first-order chi connectivity index (χ1) is 16.5. The van der Waals surface area contributed by atoms with Crippen molar-refractivity contribution in [3.8, 4) is 11.3 Å². The molecule has 34 heavy (non-hydrogen) atoms. The van der Waals surface area contributed by atoms with Crippen molar-refractivity contribution in [3.05, 3.63) is 71.5 Å². The molecule has 0 aliphatic heterocycles. The van der Waals surface area contributed by atoms with Crippen LogP contribution in [0.2, 0.25) is 0 Å². The lowest BCUT2D eigenvalue weighted by atomic mass is 9.94. The highest BCUT2D eigenvalue weighted by Crippen LogP contribution is 2.35. The largest absolute Gasteiger partial charge is 0.383 e. The third-order valence-corrected chi connectivity index (χ3v) is 6.45. The van der Waals surface area contributed by atoms with E-state index in [4.69, 9.17) is 10.8 Å². The van der Waals surface area contributed by atoms with Crippen LogP contribution in [0.4, 0.5) is 5.82 Å². The van der Waals surface area contributed by atoms with E-state index in [-0.39, 0.29) is 11.9 Å². The second-order valence-corrected chi connectivity index (χ2v) is 8.72. The van der Waals surface area contributed by atoms with E-state index in [1.807, 2.05) is 60.1 Å². The van der Waals surface area contributed by atoms with Crippen LogP contribution in [0.1, 0.15) is 53.2 Å². The van der Waals surface area contributed by atoms with Crippen molar-refractivity contribution in [1.82, 2.24) is 25.1 Å². The molecule has 1 saturated carbocycles. The summed E-state index contributed by atoms with van der Waals surface area (Å²) in [6.45, 7) is 2.34. The number of nitrogens with zero attached hydrogens (tertiary/aromatic N) is 4. The van der Waals surface area contributed by atoms with Crippen LogP contribution in [0.15, 0.2) is 54.9 Å². The summed E-state index contributed by atoms with van der Waals surface area (Å²) in [5.41, 5.74) is 11.1. The fourth-order valence-electron chi connectivity index (χ4n) is 4.51. The molecular weight excluding hydrogens is 428 g/mol. The molecular formula is C26H26N6O2. The summed E-state index contributed by atoms with van der Waals surface area (Å²) in [5.74, 6) is 0.586. The van der Waals surface area contributed by atoms with E-state index in [2.05, 4.69) is 15.3 Å². The van der Waals surface area contributed by atoms with E-state index in [9.17, 15) is 9.59 Å². The van der Waals surface area contributed by atoms with Crippen LogP contribution in [0.3, 0.4) is 0 Å². The van der Waals surface area contributed by atoms with Crippen LogP contribution in [0.25, 0.3) is 22.3 Å². The second-order valence-electron chi connectivity index (χ2n) is 8.72. The summed E-state index contributed by atoms with van der Waals surface area (Å²) >= 11 is 0. The lowest BCUT2D eigenvalue weighted by Crippen LogP contribution is -2.23. The Balaban J connectivity index is 1.39. The van der Waals surface area contributed by atoms with Crippen molar-refractivity contribution in [2.24, 2.45) is 0 Å². The lowest BCUT2D eigenvalue weighted by Gasteiger charge is -2.21. The number of carbonyl (C=O) groups excluding carboxylic acids is 2. The van der Waals surface area contributed by atoms with E-state index in [1.54, 1.807) is 0 Å².